The van der Waals surface area contributed by atoms with E-state index in [0.717, 1.165) is 0 Å². The number of hydrogen-bond acceptors (Lipinski definition) is 1. The largest absolute Gasteiger partial charge is 0.446 e. The molecule has 0 aliphatic carbocycles. The molecule has 0 heterocycles. The molecule has 3 aromatic rings. The first kappa shape index (κ1) is 15.9. The fourth-order valence-electron chi connectivity index (χ4n) is 3.00. The highest BCUT2D eigenvalue weighted by Gasteiger charge is 2.42. The van der Waals surface area contributed by atoms with E-state index in [0.29, 0.717) is 0 Å². The smallest absolute Gasteiger partial charge is 0.278 e. The van der Waals surface area contributed by atoms with Gasteiger partial charge in [-0.15, -0.1) is 0 Å². The molecule has 0 atom stereocenters. The van der Waals surface area contributed by atoms with E-state index in [-0.39, 0.29) is 0 Å². The second kappa shape index (κ2) is 7.09. The summed E-state index contributed by atoms with van der Waals surface area (Å²) in [7, 11) is -3.31. The summed E-state index contributed by atoms with van der Waals surface area (Å²) in [6, 6.07) is 32.2. The van der Waals surface area contributed by atoms with Gasteiger partial charge in [-0.3, -0.25) is 0 Å². The van der Waals surface area contributed by atoms with E-state index in [9.17, 15) is 0 Å². The number of hydrogen-bond donors (Lipinski definition) is 0. The van der Waals surface area contributed by atoms with Crippen molar-refractivity contribution in [3.05, 3.63) is 91.0 Å². The van der Waals surface area contributed by atoms with Gasteiger partial charge in [-0.2, -0.15) is 0 Å². The highest BCUT2D eigenvalue weighted by molar-refractivity contribution is 7.09. The zero-order valence-electron chi connectivity index (χ0n) is 13.6. The van der Waals surface area contributed by atoms with Crippen LogP contribution >= 0.6 is 0 Å². The maximum atomic E-state index is 6.84. The molecule has 0 saturated heterocycles. The molecular weight excluding hydrogens is 312 g/mol. The zero-order chi connectivity index (χ0) is 16.1. The quantitative estimate of drug-likeness (QED) is 0.515. The average Bonchev–Trinajstić information content (AvgIpc) is 2.62. The maximum Gasteiger partial charge on any atom is 0.278 e. The van der Waals surface area contributed by atoms with Crippen LogP contribution in [-0.4, -0.2) is 17.4 Å². The van der Waals surface area contributed by atoms with Gasteiger partial charge in [0.05, 0.1) is 0 Å². The van der Waals surface area contributed by atoms with Crippen molar-refractivity contribution in [1.29, 1.82) is 0 Å². The molecule has 115 valence electrons. The second-order valence-electron chi connectivity index (χ2n) is 5.79. The molecule has 0 aromatic heterocycles. The van der Waals surface area contributed by atoms with Crippen molar-refractivity contribution in [3.63, 3.8) is 0 Å². The van der Waals surface area contributed by atoms with Gasteiger partial charge in [-0.25, -0.2) is 0 Å². The molecule has 0 unspecified atom stereocenters. The average molecular weight is 334 g/mol. The van der Waals surface area contributed by atoms with Crippen LogP contribution in [0.5, 0.6) is 0 Å². The topological polar surface area (TPSA) is 9.23 Å². The Hall–Kier alpha value is -1.95. The molecule has 3 heteroatoms. The summed E-state index contributed by atoms with van der Waals surface area (Å²) in [6.07, 6.45) is 0. The van der Waals surface area contributed by atoms with Crippen molar-refractivity contribution in [2.45, 2.75) is 13.1 Å². The van der Waals surface area contributed by atoms with E-state index in [4.69, 9.17) is 4.12 Å². The Balaban J connectivity index is 2.30. The predicted octanol–water partition coefficient (Wildman–Crippen LogP) is 2.92. The minimum Gasteiger partial charge on any atom is -0.446 e. The molecule has 3 rings (SSSR count). The van der Waals surface area contributed by atoms with Gasteiger partial charge in [-0.1, -0.05) is 91.0 Å². The van der Waals surface area contributed by atoms with Crippen molar-refractivity contribution in [2.24, 2.45) is 0 Å². The predicted molar refractivity (Wildman–Crippen MR) is 103 cm³/mol. The SMILES string of the molecule is C[Si](C)O[Si](c1ccccc1)(c1ccccc1)c1ccccc1. The van der Waals surface area contributed by atoms with Gasteiger partial charge in [0.25, 0.3) is 8.32 Å². The maximum absolute atomic E-state index is 6.84. The van der Waals surface area contributed by atoms with E-state index in [2.05, 4.69) is 104 Å². The number of benzene rings is 3. The molecule has 0 N–H and O–H groups in total. The van der Waals surface area contributed by atoms with E-state index in [1.54, 1.807) is 0 Å². The van der Waals surface area contributed by atoms with Crippen LogP contribution in [0.2, 0.25) is 13.1 Å². The van der Waals surface area contributed by atoms with Crippen molar-refractivity contribution in [3.8, 4) is 0 Å². The van der Waals surface area contributed by atoms with Gasteiger partial charge in [0, 0.05) is 0 Å². The van der Waals surface area contributed by atoms with Crippen molar-refractivity contribution in [1.82, 2.24) is 0 Å². The molecule has 23 heavy (non-hydrogen) atoms. The van der Waals surface area contributed by atoms with Crippen LogP contribution in [-0.2, 0) is 4.12 Å². The van der Waals surface area contributed by atoms with Crippen molar-refractivity contribution >= 4 is 32.9 Å². The fourth-order valence-corrected chi connectivity index (χ4v) is 9.85. The van der Waals surface area contributed by atoms with Gasteiger partial charge < -0.3 is 4.12 Å². The summed E-state index contributed by atoms with van der Waals surface area (Å²) < 4.78 is 6.84. The van der Waals surface area contributed by atoms with Crippen LogP contribution in [0, 0.1) is 0 Å². The molecule has 3 aromatic carbocycles. The Morgan fingerprint density at radius 1 is 0.565 bits per heavy atom. The summed E-state index contributed by atoms with van der Waals surface area (Å²) in [5, 5.41) is 3.93. The highest BCUT2D eigenvalue weighted by atomic mass is 28.4. The first-order chi connectivity index (χ1) is 11.2. The van der Waals surface area contributed by atoms with E-state index in [1.165, 1.54) is 15.6 Å². The minimum absolute atomic E-state index is 0.870. The van der Waals surface area contributed by atoms with Gasteiger partial charge in [0.1, 0.15) is 0 Å². The molecule has 0 spiro atoms. The van der Waals surface area contributed by atoms with Gasteiger partial charge in [-0.05, 0) is 28.7 Å². The lowest BCUT2D eigenvalue weighted by atomic mass is 10.3. The Bertz CT molecular complexity index is 631. The van der Waals surface area contributed by atoms with Crippen LogP contribution < -0.4 is 15.6 Å². The Kier molecular flexibility index (Phi) is 4.91. The molecule has 0 amide bonds. The third-order valence-electron chi connectivity index (χ3n) is 3.90. The molecule has 0 bridgehead atoms. The van der Waals surface area contributed by atoms with Crippen LogP contribution in [0.25, 0.3) is 0 Å². The molecule has 0 saturated carbocycles. The summed E-state index contributed by atoms with van der Waals surface area (Å²) in [4.78, 5) is 0. The van der Waals surface area contributed by atoms with Crippen LogP contribution in [0.1, 0.15) is 0 Å². The van der Waals surface area contributed by atoms with E-state index >= 15 is 0 Å². The van der Waals surface area contributed by atoms with Crippen molar-refractivity contribution < 1.29 is 4.12 Å². The monoisotopic (exact) mass is 333 g/mol. The fraction of sp³-hybridized carbons (Fsp3) is 0.100. The summed E-state index contributed by atoms with van der Waals surface area (Å²) in [6.45, 7) is 4.45. The first-order valence-corrected chi connectivity index (χ1v) is 12.2. The molecule has 0 fully saturated rings. The first-order valence-electron chi connectivity index (χ1n) is 7.89. The third kappa shape index (κ3) is 3.22. The lowest BCUT2D eigenvalue weighted by Crippen LogP contribution is -2.70. The number of rotatable bonds is 5. The van der Waals surface area contributed by atoms with E-state index < -0.39 is 17.4 Å². The normalized spacial score (nSPS) is 11.6. The highest BCUT2D eigenvalue weighted by Crippen LogP contribution is 2.11. The Labute approximate surface area is 141 Å². The summed E-state index contributed by atoms with van der Waals surface area (Å²) >= 11 is 0. The molecule has 1 radical (unpaired) electrons. The summed E-state index contributed by atoms with van der Waals surface area (Å²) in [5.74, 6) is 0. The minimum atomic E-state index is -2.44. The van der Waals surface area contributed by atoms with Crippen LogP contribution in [0.4, 0.5) is 0 Å². The van der Waals surface area contributed by atoms with E-state index in [1.807, 2.05) is 0 Å². The lowest BCUT2D eigenvalue weighted by molar-refractivity contribution is 0.604. The van der Waals surface area contributed by atoms with Crippen LogP contribution in [0.15, 0.2) is 91.0 Å². The molecule has 0 aliphatic rings. The Morgan fingerprint density at radius 3 is 1.13 bits per heavy atom. The van der Waals surface area contributed by atoms with Crippen molar-refractivity contribution in [2.75, 3.05) is 0 Å². The lowest BCUT2D eigenvalue weighted by Gasteiger charge is -2.34. The molecular formula is C20H21OSi2. The zero-order valence-corrected chi connectivity index (χ0v) is 15.6. The van der Waals surface area contributed by atoms with Gasteiger partial charge >= 0.3 is 0 Å². The molecule has 0 aliphatic heterocycles. The molecule has 1 nitrogen and oxygen atoms in total. The van der Waals surface area contributed by atoms with Crippen LogP contribution in [0.3, 0.4) is 0 Å². The van der Waals surface area contributed by atoms with Gasteiger partial charge in [0.2, 0.25) is 0 Å². The third-order valence-corrected chi connectivity index (χ3v) is 10.2. The summed E-state index contributed by atoms with van der Waals surface area (Å²) in [5.41, 5.74) is 0. The van der Waals surface area contributed by atoms with Gasteiger partial charge in [0.15, 0.2) is 9.04 Å². The Morgan fingerprint density at radius 2 is 0.870 bits per heavy atom. The standard InChI is InChI=1S/C20H21OSi2/c1-22(2)21-23(18-12-6-3-7-13-18,19-14-8-4-9-15-19)20-16-10-5-11-17-20/h3-17H,1-2H3. The second-order valence-corrected chi connectivity index (χ2v) is 11.5.